The number of amides is 1. The van der Waals surface area contributed by atoms with E-state index in [1.165, 1.54) is 35.4 Å². The molecule has 4 aromatic rings. The van der Waals surface area contributed by atoms with E-state index in [9.17, 15) is 27.2 Å². The number of carbonyl (C=O) groups excluding carboxylic acids is 2. The van der Waals surface area contributed by atoms with Crippen LogP contribution in [-0.2, 0) is 22.8 Å². The lowest BCUT2D eigenvalue weighted by Gasteiger charge is -2.21. The number of anilines is 2. The number of nitrogens with zero attached hydrogens (tertiary/aromatic N) is 2. The molecule has 5 rings (SSSR count). The van der Waals surface area contributed by atoms with Crippen LogP contribution in [-0.4, -0.2) is 21.9 Å². The van der Waals surface area contributed by atoms with Crippen LogP contribution in [0.15, 0.2) is 73.1 Å². The number of hydrogen-bond donors (Lipinski definition) is 1. The Kier molecular flexibility index (Phi) is 5.73. The van der Waals surface area contributed by atoms with E-state index < -0.39 is 34.3 Å². The number of rotatable bonds is 5. The minimum atomic E-state index is -4.75. The van der Waals surface area contributed by atoms with Gasteiger partial charge in [0.05, 0.1) is 28.6 Å². The molecule has 1 amide bonds. The zero-order valence-electron chi connectivity index (χ0n) is 19.9. The molecule has 5 nitrogen and oxygen atoms in total. The highest BCUT2D eigenvalue weighted by atomic mass is 19.4. The average molecular weight is 507 g/mol. The molecule has 1 aliphatic heterocycles. The zero-order valence-corrected chi connectivity index (χ0v) is 19.9. The zero-order chi connectivity index (χ0) is 26.5. The minimum Gasteiger partial charge on any atom is -0.294 e. The molecule has 0 radical (unpaired) electrons. The topological polar surface area (TPSA) is 66.1 Å². The van der Waals surface area contributed by atoms with Gasteiger partial charge in [0.1, 0.15) is 5.82 Å². The first-order chi connectivity index (χ1) is 17.5. The number of fused-ring (bicyclic) bond motifs is 1. The number of nitrogens with one attached hydrogen (secondary N) is 1. The smallest absolute Gasteiger partial charge is 0.294 e. The molecule has 0 saturated carbocycles. The summed E-state index contributed by atoms with van der Waals surface area (Å²) in [4.78, 5) is 28.0. The van der Waals surface area contributed by atoms with Crippen LogP contribution in [0.2, 0.25) is 0 Å². The third-order valence-corrected chi connectivity index (χ3v) is 6.60. The van der Waals surface area contributed by atoms with Crippen molar-refractivity contribution >= 4 is 23.1 Å². The molecule has 1 aliphatic rings. The first kappa shape index (κ1) is 24.4. The Morgan fingerprint density at radius 3 is 2.43 bits per heavy atom. The number of carbonyl (C=O) groups is 2. The number of Topliss-reactive ketones (excluding diaryl/α,β-unsaturated/α-hetero) is 1. The first-order valence-corrected chi connectivity index (χ1v) is 11.4. The quantitative estimate of drug-likeness (QED) is 0.244. The van der Waals surface area contributed by atoms with Crippen molar-refractivity contribution in [2.24, 2.45) is 0 Å². The van der Waals surface area contributed by atoms with Gasteiger partial charge in [-0.05, 0) is 66.4 Å². The summed E-state index contributed by atoms with van der Waals surface area (Å²) in [5.74, 6) is -1.46. The highest BCUT2D eigenvalue weighted by Gasteiger charge is 2.46. The Labute approximate surface area is 209 Å². The van der Waals surface area contributed by atoms with Crippen LogP contribution >= 0.6 is 0 Å². The summed E-state index contributed by atoms with van der Waals surface area (Å²) < 4.78 is 54.9. The molecular formula is C28H21F4N3O2. The van der Waals surface area contributed by atoms with Crippen molar-refractivity contribution in [1.82, 2.24) is 10.2 Å². The van der Waals surface area contributed by atoms with Gasteiger partial charge in [-0.1, -0.05) is 30.3 Å². The van der Waals surface area contributed by atoms with Gasteiger partial charge >= 0.3 is 6.18 Å². The van der Waals surface area contributed by atoms with Crippen LogP contribution in [0.5, 0.6) is 0 Å². The van der Waals surface area contributed by atoms with Crippen LogP contribution in [0, 0.1) is 5.82 Å². The van der Waals surface area contributed by atoms with Gasteiger partial charge in [0.25, 0.3) is 0 Å². The molecule has 1 N–H and O–H groups in total. The predicted octanol–water partition coefficient (Wildman–Crippen LogP) is 6.62. The van der Waals surface area contributed by atoms with Gasteiger partial charge in [-0.3, -0.25) is 19.6 Å². The normalized spacial score (nSPS) is 14.6. The van der Waals surface area contributed by atoms with Gasteiger partial charge in [0, 0.05) is 18.2 Å². The second-order valence-corrected chi connectivity index (χ2v) is 9.41. The number of hydrogen-bond acceptors (Lipinski definition) is 3. The molecule has 37 heavy (non-hydrogen) atoms. The van der Waals surface area contributed by atoms with Crippen molar-refractivity contribution in [3.8, 4) is 11.1 Å². The van der Waals surface area contributed by atoms with Gasteiger partial charge in [-0.15, -0.1) is 0 Å². The Bertz CT molecular complexity index is 1510. The van der Waals surface area contributed by atoms with Gasteiger partial charge in [0.15, 0.2) is 5.78 Å². The van der Waals surface area contributed by atoms with E-state index in [1.807, 2.05) is 0 Å². The van der Waals surface area contributed by atoms with Crippen LogP contribution in [0.4, 0.5) is 28.9 Å². The molecule has 188 valence electrons. The van der Waals surface area contributed by atoms with Crippen molar-refractivity contribution in [2.45, 2.75) is 31.9 Å². The molecule has 0 saturated heterocycles. The van der Waals surface area contributed by atoms with Crippen molar-refractivity contribution < 1.29 is 27.2 Å². The van der Waals surface area contributed by atoms with Crippen molar-refractivity contribution in [1.29, 1.82) is 0 Å². The number of aromatic amines is 1. The fourth-order valence-electron chi connectivity index (χ4n) is 4.81. The Morgan fingerprint density at radius 1 is 1.05 bits per heavy atom. The fourth-order valence-corrected chi connectivity index (χ4v) is 4.81. The maximum Gasteiger partial charge on any atom is 0.417 e. The molecule has 0 unspecified atom stereocenters. The van der Waals surface area contributed by atoms with Gasteiger partial charge < -0.3 is 0 Å². The van der Waals surface area contributed by atoms with Crippen LogP contribution in [0.25, 0.3) is 11.1 Å². The van der Waals surface area contributed by atoms with Gasteiger partial charge in [-0.25, -0.2) is 4.39 Å². The molecule has 0 bridgehead atoms. The lowest BCUT2D eigenvalue weighted by molar-refractivity contribution is -0.137. The standard InChI is InChI=1S/C28H21F4N3O2/c1-27(2)25-20(4-3-5-23(25)35(26(27)37)19-14-33-34-15-19)17-8-11-22(28(30,31)32)21(13-17)24(36)12-16-6-9-18(29)10-7-16/h3-11,13-15H,12H2,1-2H3,(H,33,34). The molecule has 9 heteroatoms. The summed E-state index contributed by atoms with van der Waals surface area (Å²) in [5.41, 5.74) is 0.556. The second-order valence-electron chi connectivity index (χ2n) is 9.41. The van der Waals surface area contributed by atoms with Crippen molar-refractivity contribution in [2.75, 3.05) is 4.90 Å². The van der Waals surface area contributed by atoms with E-state index >= 15 is 0 Å². The summed E-state index contributed by atoms with van der Waals surface area (Å²) in [6.45, 7) is 3.50. The molecule has 3 aromatic carbocycles. The summed E-state index contributed by atoms with van der Waals surface area (Å²) in [7, 11) is 0. The van der Waals surface area contributed by atoms with E-state index in [0.29, 0.717) is 33.6 Å². The summed E-state index contributed by atoms with van der Waals surface area (Å²) >= 11 is 0. The Morgan fingerprint density at radius 2 is 1.78 bits per heavy atom. The van der Waals surface area contributed by atoms with Crippen LogP contribution < -0.4 is 4.90 Å². The molecule has 1 aromatic heterocycles. The Balaban J connectivity index is 1.64. The maximum atomic E-state index is 13.9. The predicted molar refractivity (Wildman–Crippen MR) is 130 cm³/mol. The third-order valence-electron chi connectivity index (χ3n) is 6.60. The lowest BCUT2D eigenvalue weighted by atomic mass is 9.80. The molecule has 0 fully saturated rings. The van der Waals surface area contributed by atoms with Crippen LogP contribution in [0.1, 0.15) is 40.9 Å². The van der Waals surface area contributed by atoms with E-state index in [2.05, 4.69) is 10.2 Å². The van der Waals surface area contributed by atoms with Crippen molar-refractivity contribution in [3.63, 3.8) is 0 Å². The molecule has 0 spiro atoms. The first-order valence-electron chi connectivity index (χ1n) is 11.4. The number of halogens is 4. The third kappa shape index (κ3) is 4.20. The maximum absolute atomic E-state index is 13.9. The molecule has 2 heterocycles. The second kappa shape index (κ2) is 8.69. The highest BCUT2D eigenvalue weighted by Crippen LogP contribution is 2.49. The summed E-state index contributed by atoms with van der Waals surface area (Å²) in [6, 6.07) is 13.7. The van der Waals surface area contributed by atoms with Gasteiger partial charge in [0.2, 0.25) is 5.91 Å². The highest BCUT2D eigenvalue weighted by molar-refractivity contribution is 6.14. The number of benzene rings is 3. The van der Waals surface area contributed by atoms with E-state index in [0.717, 1.165) is 18.2 Å². The lowest BCUT2D eigenvalue weighted by Crippen LogP contribution is -2.33. The number of aromatic nitrogens is 2. The number of H-pyrrole nitrogens is 1. The van der Waals surface area contributed by atoms with Crippen molar-refractivity contribution in [3.05, 3.63) is 101 Å². The average Bonchev–Trinajstić information content (AvgIpc) is 3.45. The monoisotopic (exact) mass is 507 g/mol. The van der Waals surface area contributed by atoms with Crippen LogP contribution in [0.3, 0.4) is 0 Å². The van der Waals surface area contributed by atoms with E-state index in [1.54, 1.807) is 38.2 Å². The van der Waals surface area contributed by atoms with E-state index in [-0.39, 0.29) is 12.3 Å². The molecule has 0 aliphatic carbocycles. The van der Waals surface area contributed by atoms with Gasteiger partial charge in [-0.2, -0.15) is 18.3 Å². The summed E-state index contributed by atoms with van der Waals surface area (Å²) in [5, 5.41) is 6.61. The molecular weight excluding hydrogens is 486 g/mol. The largest absolute Gasteiger partial charge is 0.417 e. The number of alkyl halides is 3. The van der Waals surface area contributed by atoms with E-state index in [4.69, 9.17) is 0 Å². The minimum absolute atomic E-state index is 0.212. The number of ketones is 1. The molecule has 0 atom stereocenters. The SMILES string of the molecule is CC1(C)C(=O)N(c2cn[nH]c2)c2cccc(-c3ccc(C(F)(F)F)c(C(=O)Cc4ccc(F)cc4)c3)c21. The fraction of sp³-hybridized carbons (Fsp3) is 0.179. The summed E-state index contributed by atoms with van der Waals surface area (Å²) in [6.07, 6.45) is -1.98. The Hall–Kier alpha value is -4.27.